The van der Waals surface area contributed by atoms with Crippen LogP contribution >= 0.6 is 0 Å². The first-order chi connectivity index (χ1) is 12.7. The quantitative estimate of drug-likeness (QED) is 0.575. The van der Waals surface area contributed by atoms with Crippen molar-refractivity contribution in [3.05, 3.63) is 72.6 Å². The van der Waals surface area contributed by atoms with E-state index in [0.717, 1.165) is 28.7 Å². The summed E-state index contributed by atoms with van der Waals surface area (Å²) in [4.78, 5) is 8.61. The van der Waals surface area contributed by atoms with Gasteiger partial charge in [-0.1, -0.05) is 18.2 Å². The van der Waals surface area contributed by atoms with Crippen molar-refractivity contribution >= 4 is 34.0 Å². The fraction of sp³-hybridized carbons (Fsp3) is 0. The lowest BCUT2D eigenvalue weighted by Gasteiger charge is -2.09. The molecule has 6 nitrogen and oxygen atoms in total. The number of halogens is 2. The monoisotopic (exact) mass is 350 g/mol. The average molecular weight is 350 g/mol. The van der Waals surface area contributed by atoms with Crippen molar-refractivity contribution in [2.75, 3.05) is 10.6 Å². The maximum atomic E-state index is 13.8. The first kappa shape index (κ1) is 15.8. The van der Waals surface area contributed by atoms with Crippen LogP contribution in [0.25, 0.3) is 10.9 Å². The van der Waals surface area contributed by atoms with Gasteiger partial charge in [-0.3, -0.25) is 4.98 Å². The van der Waals surface area contributed by atoms with E-state index in [4.69, 9.17) is 0 Å². The van der Waals surface area contributed by atoms with E-state index in [0.29, 0.717) is 5.82 Å². The highest BCUT2D eigenvalue weighted by molar-refractivity contribution is 5.91. The fourth-order valence-corrected chi connectivity index (χ4v) is 2.47. The van der Waals surface area contributed by atoms with Crippen molar-refractivity contribution in [2.45, 2.75) is 0 Å². The fourth-order valence-electron chi connectivity index (χ4n) is 2.47. The second kappa shape index (κ2) is 6.67. The standard InChI is InChI=1S/C18H12F2N6/c19-12-6-7-14(13(20)9-12)24-18-25-16(10-22-26-18)23-15-5-1-3-11-4-2-8-21-17(11)15/h1-10H,(H2,23,24,25,26). The molecule has 0 aliphatic heterocycles. The Kier molecular flexibility index (Phi) is 4.06. The molecule has 4 aromatic rings. The molecule has 0 aliphatic rings. The largest absolute Gasteiger partial charge is 0.337 e. The first-order valence-electron chi connectivity index (χ1n) is 7.71. The van der Waals surface area contributed by atoms with E-state index in [9.17, 15) is 8.78 Å². The Balaban J connectivity index is 1.61. The lowest BCUT2D eigenvalue weighted by Crippen LogP contribution is -2.04. The Morgan fingerprint density at radius 2 is 1.77 bits per heavy atom. The predicted molar refractivity (Wildman–Crippen MR) is 94.5 cm³/mol. The molecule has 128 valence electrons. The molecule has 0 unspecified atom stereocenters. The van der Waals surface area contributed by atoms with E-state index in [-0.39, 0.29) is 11.6 Å². The van der Waals surface area contributed by atoms with E-state index < -0.39 is 11.6 Å². The maximum Gasteiger partial charge on any atom is 0.249 e. The SMILES string of the molecule is Fc1ccc(Nc2nncc(Nc3cccc4cccnc34)n2)c(F)c1. The number of rotatable bonds is 4. The van der Waals surface area contributed by atoms with Gasteiger partial charge in [-0.2, -0.15) is 10.1 Å². The number of nitrogens with one attached hydrogen (secondary N) is 2. The van der Waals surface area contributed by atoms with E-state index in [1.165, 1.54) is 12.3 Å². The van der Waals surface area contributed by atoms with Crippen molar-refractivity contribution in [1.29, 1.82) is 0 Å². The van der Waals surface area contributed by atoms with Crippen molar-refractivity contribution in [1.82, 2.24) is 20.2 Å². The van der Waals surface area contributed by atoms with E-state index >= 15 is 0 Å². The summed E-state index contributed by atoms with van der Waals surface area (Å²) in [6, 6.07) is 12.7. The minimum atomic E-state index is -0.745. The van der Waals surface area contributed by atoms with Crippen LogP contribution in [0, 0.1) is 11.6 Å². The highest BCUT2D eigenvalue weighted by atomic mass is 19.1. The van der Waals surface area contributed by atoms with Gasteiger partial charge in [-0.25, -0.2) is 8.78 Å². The summed E-state index contributed by atoms with van der Waals surface area (Å²) in [6.07, 6.45) is 3.14. The van der Waals surface area contributed by atoms with Gasteiger partial charge in [0.25, 0.3) is 0 Å². The lowest BCUT2D eigenvalue weighted by molar-refractivity contribution is 0.586. The molecular weight excluding hydrogens is 338 g/mol. The Morgan fingerprint density at radius 3 is 2.65 bits per heavy atom. The molecule has 8 heteroatoms. The van der Waals surface area contributed by atoms with Gasteiger partial charge in [0.1, 0.15) is 11.6 Å². The molecule has 2 aromatic heterocycles. The van der Waals surface area contributed by atoms with Gasteiger partial charge in [-0.05, 0) is 24.3 Å². The highest BCUT2D eigenvalue weighted by Crippen LogP contribution is 2.24. The summed E-state index contributed by atoms with van der Waals surface area (Å²) >= 11 is 0. The van der Waals surface area contributed by atoms with Gasteiger partial charge in [0.15, 0.2) is 5.82 Å². The topological polar surface area (TPSA) is 75.6 Å². The smallest absolute Gasteiger partial charge is 0.249 e. The van der Waals surface area contributed by atoms with Crippen LogP contribution in [0.15, 0.2) is 60.9 Å². The third-order valence-corrected chi connectivity index (χ3v) is 3.63. The molecule has 2 N–H and O–H groups in total. The highest BCUT2D eigenvalue weighted by Gasteiger charge is 2.08. The number of hydrogen-bond donors (Lipinski definition) is 2. The first-order valence-corrected chi connectivity index (χ1v) is 7.71. The number of pyridine rings is 1. The zero-order chi connectivity index (χ0) is 17.9. The molecule has 2 heterocycles. The zero-order valence-electron chi connectivity index (χ0n) is 13.3. The minimum Gasteiger partial charge on any atom is -0.337 e. The van der Waals surface area contributed by atoms with Crippen LogP contribution in [-0.2, 0) is 0 Å². The summed E-state index contributed by atoms with van der Waals surface area (Å²) in [6.45, 7) is 0. The summed E-state index contributed by atoms with van der Waals surface area (Å²) in [7, 11) is 0. The van der Waals surface area contributed by atoms with Crippen LogP contribution in [0.2, 0.25) is 0 Å². The molecule has 0 aliphatic carbocycles. The lowest BCUT2D eigenvalue weighted by atomic mass is 10.2. The van der Waals surface area contributed by atoms with E-state index in [1.807, 2.05) is 30.3 Å². The molecule has 0 spiro atoms. The minimum absolute atomic E-state index is 0.0529. The van der Waals surface area contributed by atoms with Gasteiger partial charge in [0, 0.05) is 17.6 Å². The van der Waals surface area contributed by atoms with Crippen molar-refractivity contribution in [3.8, 4) is 0 Å². The Hall–Kier alpha value is -3.68. The van der Waals surface area contributed by atoms with Crippen LogP contribution < -0.4 is 10.6 Å². The third kappa shape index (κ3) is 3.25. The molecule has 0 fully saturated rings. The third-order valence-electron chi connectivity index (χ3n) is 3.63. The average Bonchev–Trinajstić information content (AvgIpc) is 2.65. The van der Waals surface area contributed by atoms with Crippen LogP contribution in [0.1, 0.15) is 0 Å². The molecule has 2 aromatic carbocycles. The molecule has 4 rings (SSSR count). The molecule has 0 saturated carbocycles. The van der Waals surface area contributed by atoms with Crippen LogP contribution in [0.4, 0.5) is 31.9 Å². The Labute approximate surface area is 147 Å². The molecule has 0 atom stereocenters. The number of para-hydroxylation sites is 1. The molecule has 0 amide bonds. The predicted octanol–water partition coefficient (Wildman–Crippen LogP) is 4.19. The molecular formula is C18H12F2N6. The number of hydrogen-bond acceptors (Lipinski definition) is 6. The Morgan fingerprint density at radius 1 is 0.885 bits per heavy atom. The van der Waals surface area contributed by atoms with Gasteiger partial charge in [0.05, 0.1) is 23.1 Å². The van der Waals surface area contributed by atoms with Crippen LogP contribution in [-0.4, -0.2) is 20.2 Å². The molecule has 0 saturated heterocycles. The normalized spacial score (nSPS) is 10.7. The number of fused-ring (bicyclic) bond motifs is 1. The number of nitrogens with zero attached hydrogens (tertiary/aromatic N) is 4. The summed E-state index contributed by atoms with van der Waals surface area (Å²) in [5, 5.41) is 14.4. The zero-order valence-corrected chi connectivity index (χ0v) is 13.3. The van der Waals surface area contributed by atoms with E-state index in [2.05, 4.69) is 30.8 Å². The molecule has 0 bridgehead atoms. The number of benzene rings is 2. The van der Waals surface area contributed by atoms with Gasteiger partial charge >= 0.3 is 0 Å². The van der Waals surface area contributed by atoms with Gasteiger partial charge in [0.2, 0.25) is 5.95 Å². The Bertz CT molecular complexity index is 1080. The van der Waals surface area contributed by atoms with Gasteiger partial charge < -0.3 is 10.6 Å². The summed E-state index contributed by atoms with van der Waals surface area (Å²) in [5.74, 6) is -0.923. The second-order valence-electron chi connectivity index (χ2n) is 5.42. The summed E-state index contributed by atoms with van der Waals surface area (Å²) in [5.41, 5.74) is 1.59. The van der Waals surface area contributed by atoms with Crippen molar-refractivity contribution in [3.63, 3.8) is 0 Å². The molecule has 26 heavy (non-hydrogen) atoms. The van der Waals surface area contributed by atoms with Crippen molar-refractivity contribution in [2.24, 2.45) is 0 Å². The van der Waals surface area contributed by atoms with Crippen LogP contribution in [0.5, 0.6) is 0 Å². The van der Waals surface area contributed by atoms with E-state index in [1.54, 1.807) is 6.20 Å². The number of aromatic nitrogens is 4. The number of anilines is 4. The summed E-state index contributed by atoms with van der Waals surface area (Å²) < 4.78 is 26.7. The molecule has 0 radical (unpaired) electrons. The van der Waals surface area contributed by atoms with Gasteiger partial charge in [-0.15, -0.1) is 5.10 Å². The van der Waals surface area contributed by atoms with Crippen LogP contribution in [0.3, 0.4) is 0 Å². The second-order valence-corrected chi connectivity index (χ2v) is 5.42. The maximum absolute atomic E-state index is 13.8. The van der Waals surface area contributed by atoms with Crippen molar-refractivity contribution < 1.29 is 8.78 Å².